The summed E-state index contributed by atoms with van der Waals surface area (Å²) >= 11 is 19.7. The first-order valence-corrected chi connectivity index (χ1v) is 14.0. The quantitative estimate of drug-likeness (QED) is 0.142. The second kappa shape index (κ2) is 13.6. The van der Waals surface area contributed by atoms with Gasteiger partial charge in [0.15, 0.2) is 6.54 Å². The molecule has 7 nitrogen and oxygen atoms in total. The van der Waals surface area contributed by atoms with E-state index in [0.29, 0.717) is 38.7 Å². The number of aromatic nitrogens is 2. The van der Waals surface area contributed by atoms with E-state index in [1.165, 1.54) is 11.3 Å². The zero-order valence-electron chi connectivity index (χ0n) is 18.6. The molecule has 0 bridgehead atoms. The van der Waals surface area contributed by atoms with Crippen molar-refractivity contribution >= 4 is 62.0 Å². The largest absolute Gasteiger partial charge is 0.748 e. The minimum atomic E-state index is -3.92. The molecule has 34 heavy (non-hydrogen) atoms. The fourth-order valence-electron chi connectivity index (χ4n) is 2.91. The van der Waals surface area contributed by atoms with Gasteiger partial charge in [0.25, 0.3) is 0 Å². The van der Waals surface area contributed by atoms with Crippen molar-refractivity contribution in [3.05, 3.63) is 73.9 Å². The zero-order chi connectivity index (χ0) is 25.3. The second-order valence-corrected chi connectivity index (χ2v) is 11.4. The predicted octanol–water partition coefficient (Wildman–Crippen LogP) is 5.40. The molecular formula is C22H25Cl3N2O5S2. The van der Waals surface area contributed by atoms with Gasteiger partial charge in [0.05, 0.1) is 19.3 Å². The smallest absolute Gasteiger partial charge is 0.244 e. The van der Waals surface area contributed by atoms with Crippen LogP contribution in [0.5, 0.6) is 0 Å². The number of ether oxygens (including phenoxy) is 1. The van der Waals surface area contributed by atoms with E-state index in [4.69, 9.17) is 52.5 Å². The van der Waals surface area contributed by atoms with Gasteiger partial charge in [-0.05, 0) is 30.7 Å². The molecule has 0 amide bonds. The molecule has 0 aliphatic carbocycles. The van der Waals surface area contributed by atoms with Crippen molar-refractivity contribution < 1.29 is 27.1 Å². The van der Waals surface area contributed by atoms with E-state index in [1.807, 2.05) is 40.0 Å². The lowest BCUT2D eigenvalue weighted by Gasteiger charge is -2.18. The molecule has 0 radical (unpaired) electrons. The molecular weight excluding hydrogens is 543 g/mol. The second-order valence-electron chi connectivity index (χ2n) is 7.39. The Kier molecular flexibility index (Phi) is 11.5. The summed E-state index contributed by atoms with van der Waals surface area (Å²) in [5, 5.41) is 1.18. The van der Waals surface area contributed by atoms with E-state index in [9.17, 15) is 4.79 Å². The number of carbonyl (C=O) groups excluding carboxylic acids is 1. The molecule has 0 saturated heterocycles. The van der Waals surface area contributed by atoms with Gasteiger partial charge in [-0.25, -0.2) is 17.6 Å². The van der Waals surface area contributed by atoms with E-state index in [2.05, 4.69) is 6.92 Å². The van der Waals surface area contributed by atoms with Crippen molar-refractivity contribution in [2.24, 2.45) is 0 Å². The van der Waals surface area contributed by atoms with Crippen LogP contribution in [-0.4, -0.2) is 36.2 Å². The molecule has 1 unspecified atom stereocenters. The first kappa shape index (κ1) is 28.8. The van der Waals surface area contributed by atoms with Crippen LogP contribution in [0.1, 0.15) is 41.1 Å². The number of Topliss-reactive ketones (excluding diaryl/α,β-unsaturated/α-hetero) is 1. The molecule has 1 atom stereocenters. The molecule has 0 N–H and O–H groups in total. The lowest BCUT2D eigenvalue weighted by atomic mass is 10.1. The highest BCUT2D eigenvalue weighted by molar-refractivity contribution is 7.84. The molecule has 2 aromatic heterocycles. The van der Waals surface area contributed by atoms with Crippen LogP contribution >= 0.6 is 46.1 Å². The fourth-order valence-corrected chi connectivity index (χ4v) is 4.42. The number of benzene rings is 1. The first-order valence-electron chi connectivity index (χ1n) is 10.3. The van der Waals surface area contributed by atoms with Gasteiger partial charge in [0.2, 0.25) is 12.1 Å². The average molecular weight is 568 g/mol. The SMILES string of the molecule is CCCCOC(Cn1cc[n+](CC(=O)c2ccc(Cl)s2)c1)c1ccc(Cl)cc1Cl.CS(=O)(=O)[O-]. The number of rotatable bonds is 10. The summed E-state index contributed by atoms with van der Waals surface area (Å²) in [6.07, 6.45) is 8.12. The van der Waals surface area contributed by atoms with Gasteiger partial charge in [-0.15, -0.1) is 11.3 Å². The molecule has 0 aliphatic rings. The molecule has 0 saturated carbocycles. The lowest BCUT2D eigenvalue weighted by molar-refractivity contribution is -0.682. The number of carbonyl (C=O) groups is 1. The van der Waals surface area contributed by atoms with Gasteiger partial charge in [-0.2, -0.15) is 0 Å². The minimum Gasteiger partial charge on any atom is -0.748 e. The molecule has 0 spiro atoms. The number of unbranched alkanes of at least 4 members (excludes halogenated alkanes) is 1. The van der Waals surface area contributed by atoms with Gasteiger partial charge in [0, 0.05) is 28.5 Å². The minimum absolute atomic E-state index is 0.0288. The van der Waals surface area contributed by atoms with Crippen LogP contribution in [0.15, 0.2) is 49.1 Å². The molecule has 1 aromatic carbocycles. The van der Waals surface area contributed by atoms with E-state index in [0.717, 1.165) is 18.4 Å². The number of ketones is 1. The fraction of sp³-hybridized carbons (Fsp3) is 0.364. The highest BCUT2D eigenvalue weighted by Crippen LogP contribution is 2.30. The molecule has 186 valence electrons. The lowest BCUT2D eigenvalue weighted by Crippen LogP contribution is -2.35. The van der Waals surface area contributed by atoms with Gasteiger partial charge in [0.1, 0.15) is 25.0 Å². The molecule has 0 fully saturated rings. The topological polar surface area (TPSA) is 92.3 Å². The van der Waals surface area contributed by atoms with Gasteiger partial charge < -0.3 is 9.29 Å². The number of hydrogen-bond acceptors (Lipinski definition) is 6. The molecule has 2 heterocycles. The summed E-state index contributed by atoms with van der Waals surface area (Å²) < 4.78 is 37.8. The Labute approximate surface area is 218 Å². The van der Waals surface area contributed by atoms with E-state index in [1.54, 1.807) is 18.2 Å². The highest BCUT2D eigenvalue weighted by Gasteiger charge is 2.20. The Bertz CT molecular complexity index is 1190. The third kappa shape index (κ3) is 10.4. The Balaban J connectivity index is 0.000000739. The van der Waals surface area contributed by atoms with Crippen LogP contribution in [0, 0.1) is 0 Å². The third-order valence-corrected chi connectivity index (χ3v) is 6.26. The van der Waals surface area contributed by atoms with Crippen LogP contribution in [-0.2, 0) is 27.9 Å². The number of hydrogen-bond donors (Lipinski definition) is 0. The summed E-state index contributed by atoms with van der Waals surface area (Å²) in [6.45, 7) is 3.61. The van der Waals surface area contributed by atoms with Gasteiger partial charge in [-0.1, -0.05) is 54.2 Å². The van der Waals surface area contributed by atoms with Crippen LogP contribution in [0.3, 0.4) is 0 Å². The van der Waals surface area contributed by atoms with Crippen LogP contribution in [0.25, 0.3) is 0 Å². The average Bonchev–Trinajstić information content (AvgIpc) is 3.35. The standard InChI is InChI=1S/C21H22Cl3N2O2S.CH4O3S/c1-2-3-10-28-19(16-5-4-15(22)11-17(16)23)13-26-9-8-25(14-26)12-18(27)20-6-7-21(24)29-20;1-5(2,3)4/h4-9,11,14,19H,2-3,10,12-13H2,1H3;1H3,(H,2,3,4)/q+1;/p-1. The maximum atomic E-state index is 12.4. The van der Waals surface area contributed by atoms with Gasteiger partial charge in [-0.3, -0.25) is 4.79 Å². The van der Waals surface area contributed by atoms with Crippen molar-refractivity contribution in [2.45, 2.75) is 39.0 Å². The number of imidazole rings is 1. The Morgan fingerprint density at radius 2 is 1.94 bits per heavy atom. The van der Waals surface area contributed by atoms with Crippen LogP contribution in [0.2, 0.25) is 14.4 Å². The maximum absolute atomic E-state index is 12.4. The summed E-state index contributed by atoms with van der Waals surface area (Å²) in [4.78, 5) is 13.1. The summed E-state index contributed by atoms with van der Waals surface area (Å²) in [7, 11) is -3.92. The molecule has 12 heteroatoms. The molecule has 0 aliphatic heterocycles. The zero-order valence-corrected chi connectivity index (χ0v) is 22.5. The Morgan fingerprint density at radius 1 is 1.24 bits per heavy atom. The maximum Gasteiger partial charge on any atom is 0.244 e. The first-order chi connectivity index (χ1) is 16.0. The van der Waals surface area contributed by atoms with Crippen molar-refractivity contribution in [3.8, 4) is 0 Å². The van der Waals surface area contributed by atoms with Gasteiger partial charge >= 0.3 is 0 Å². The van der Waals surface area contributed by atoms with E-state index in [-0.39, 0.29) is 18.4 Å². The number of thiophene rings is 1. The number of nitrogens with zero attached hydrogens (tertiary/aromatic N) is 2. The predicted molar refractivity (Wildman–Crippen MR) is 134 cm³/mol. The molecule has 3 rings (SSSR count). The van der Waals surface area contributed by atoms with Crippen molar-refractivity contribution in [3.63, 3.8) is 0 Å². The summed E-state index contributed by atoms with van der Waals surface area (Å²) in [6, 6.07) is 8.95. The van der Waals surface area contributed by atoms with E-state index >= 15 is 0 Å². The number of halogens is 3. The highest BCUT2D eigenvalue weighted by atomic mass is 35.5. The summed E-state index contributed by atoms with van der Waals surface area (Å²) in [5.41, 5.74) is 0.900. The summed E-state index contributed by atoms with van der Waals surface area (Å²) in [5.74, 6) is 0.0288. The Morgan fingerprint density at radius 3 is 2.53 bits per heavy atom. The monoisotopic (exact) mass is 566 g/mol. The third-order valence-electron chi connectivity index (χ3n) is 4.42. The van der Waals surface area contributed by atoms with Crippen LogP contribution in [0.4, 0.5) is 0 Å². The van der Waals surface area contributed by atoms with Crippen molar-refractivity contribution in [2.75, 3.05) is 12.9 Å². The van der Waals surface area contributed by atoms with E-state index < -0.39 is 10.1 Å². The van der Waals surface area contributed by atoms with Crippen molar-refractivity contribution in [1.29, 1.82) is 0 Å². The van der Waals surface area contributed by atoms with Crippen molar-refractivity contribution in [1.82, 2.24) is 4.57 Å². The van der Waals surface area contributed by atoms with Crippen LogP contribution < -0.4 is 4.57 Å². The molecule has 3 aromatic rings. The normalized spacial score (nSPS) is 12.2. The Hall–Kier alpha value is -1.46.